The van der Waals surface area contributed by atoms with E-state index in [-0.39, 0.29) is 18.5 Å². The van der Waals surface area contributed by atoms with E-state index in [1.807, 2.05) is 13.0 Å². The summed E-state index contributed by atoms with van der Waals surface area (Å²) in [5.41, 5.74) is 0. The van der Waals surface area contributed by atoms with Gasteiger partial charge >= 0.3 is 0 Å². The van der Waals surface area contributed by atoms with Crippen molar-refractivity contribution in [3.63, 3.8) is 0 Å². The molecule has 16 heavy (non-hydrogen) atoms. The molecule has 0 spiro atoms. The third-order valence-electron chi connectivity index (χ3n) is 2.21. The van der Waals surface area contributed by atoms with Crippen LogP contribution >= 0.6 is 0 Å². The second-order valence-corrected chi connectivity index (χ2v) is 3.51. The van der Waals surface area contributed by atoms with Crippen molar-refractivity contribution in [1.82, 2.24) is 15.1 Å². The Bertz CT molecular complexity index is 434. The zero-order valence-electron chi connectivity index (χ0n) is 8.96. The molecule has 0 saturated heterocycles. The molecule has 0 aromatic carbocycles. The Balaban J connectivity index is 1.88. The van der Waals surface area contributed by atoms with Crippen LogP contribution < -0.4 is 5.32 Å². The highest BCUT2D eigenvalue weighted by atomic mass is 16.3. The van der Waals surface area contributed by atoms with E-state index in [9.17, 15) is 4.79 Å². The van der Waals surface area contributed by atoms with Crippen molar-refractivity contribution in [3.05, 3.63) is 42.6 Å². The molecular formula is C11H13N3O2. The van der Waals surface area contributed by atoms with Gasteiger partial charge in [-0.1, -0.05) is 0 Å². The lowest BCUT2D eigenvalue weighted by Gasteiger charge is -2.11. The van der Waals surface area contributed by atoms with Crippen LogP contribution in [0.5, 0.6) is 0 Å². The fourth-order valence-corrected chi connectivity index (χ4v) is 1.44. The minimum absolute atomic E-state index is 0.0902. The summed E-state index contributed by atoms with van der Waals surface area (Å²) in [6, 6.07) is 5.28. The molecule has 0 aliphatic heterocycles. The predicted octanol–water partition coefficient (Wildman–Crippen LogP) is 1.35. The Hall–Kier alpha value is -2.04. The van der Waals surface area contributed by atoms with Gasteiger partial charge in [-0.25, -0.2) is 0 Å². The van der Waals surface area contributed by atoms with E-state index in [1.165, 1.54) is 0 Å². The van der Waals surface area contributed by atoms with Crippen LogP contribution in [0.2, 0.25) is 0 Å². The molecule has 1 atom stereocenters. The molecule has 2 aromatic heterocycles. The first-order chi connectivity index (χ1) is 7.75. The zero-order chi connectivity index (χ0) is 11.4. The number of hydrogen-bond donors (Lipinski definition) is 1. The summed E-state index contributed by atoms with van der Waals surface area (Å²) in [5.74, 6) is 0.654. The minimum Gasteiger partial charge on any atom is -0.467 e. The molecule has 5 heteroatoms. The van der Waals surface area contributed by atoms with E-state index >= 15 is 0 Å². The van der Waals surface area contributed by atoms with Crippen LogP contribution in [0.1, 0.15) is 18.7 Å². The maximum Gasteiger partial charge on any atom is 0.242 e. The molecule has 0 radical (unpaired) electrons. The maximum atomic E-state index is 11.6. The highest BCUT2D eigenvalue weighted by Gasteiger charge is 2.11. The SMILES string of the molecule is CC(NC(=O)Cn1cccn1)c1ccco1. The molecule has 1 unspecified atom stereocenters. The zero-order valence-corrected chi connectivity index (χ0v) is 8.96. The van der Waals surface area contributed by atoms with Gasteiger partial charge in [0.05, 0.1) is 12.3 Å². The average Bonchev–Trinajstić information content (AvgIpc) is 2.88. The number of carbonyl (C=O) groups is 1. The standard InChI is InChI=1S/C11H13N3O2/c1-9(10-4-2-7-16-10)13-11(15)8-14-6-3-5-12-14/h2-7,9H,8H2,1H3,(H,13,15). The normalized spacial score (nSPS) is 12.3. The first-order valence-corrected chi connectivity index (χ1v) is 5.06. The van der Waals surface area contributed by atoms with Gasteiger partial charge < -0.3 is 9.73 Å². The predicted molar refractivity (Wildman–Crippen MR) is 57.5 cm³/mol. The molecule has 2 rings (SSSR count). The number of amides is 1. The van der Waals surface area contributed by atoms with Gasteiger partial charge in [0.1, 0.15) is 12.3 Å². The summed E-state index contributed by atoms with van der Waals surface area (Å²) in [7, 11) is 0. The van der Waals surface area contributed by atoms with Crippen molar-refractivity contribution in [3.8, 4) is 0 Å². The molecule has 1 N–H and O–H groups in total. The monoisotopic (exact) mass is 219 g/mol. The Morgan fingerprint density at radius 1 is 1.62 bits per heavy atom. The highest BCUT2D eigenvalue weighted by Crippen LogP contribution is 2.11. The number of furan rings is 1. The molecule has 0 bridgehead atoms. The first kappa shape index (κ1) is 10.5. The fourth-order valence-electron chi connectivity index (χ4n) is 1.44. The molecule has 2 aromatic rings. The van der Waals surface area contributed by atoms with E-state index in [0.717, 1.165) is 5.76 Å². The van der Waals surface area contributed by atoms with Gasteiger partial charge in [-0.15, -0.1) is 0 Å². The molecular weight excluding hydrogens is 206 g/mol. The Labute approximate surface area is 93.1 Å². The van der Waals surface area contributed by atoms with Crippen LogP contribution in [0.4, 0.5) is 0 Å². The quantitative estimate of drug-likeness (QED) is 0.844. The third-order valence-corrected chi connectivity index (χ3v) is 2.21. The van der Waals surface area contributed by atoms with Crippen LogP contribution in [0.3, 0.4) is 0 Å². The lowest BCUT2D eigenvalue weighted by atomic mass is 10.2. The minimum atomic E-state index is -0.127. The van der Waals surface area contributed by atoms with Gasteiger partial charge in [0, 0.05) is 12.4 Å². The molecule has 1 amide bonds. The lowest BCUT2D eigenvalue weighted by molar-refractivity contribution is -0.122. The van der Waals surface area contributed by atoms with Crippen LogP contribution in [0.25, 0.3) is 0 Å². The van der Waals surface area contributed by atoms with Crippen LogP contribution in [0, 0.1) is 0 Å². The van der Waals surface area contributed by atoms with E-state index in [4.69, 9.17) is 4.42 Å². The van der Waals surface area contributed by atoms with E-state index in [2.05, 4.69) is 10.4 Å². The Kier molecular flexibility index (Phi) is 3.05. The Morgan fingerprint density at radius 3 is 3.12 bits per heavy atom. The number of nitrogens with zero attached hydrogens (tertiary/aromatic N) is 2. The molecule has 84 valence electrons. The van der Waals surface area contributed by atoms with Crippen molar-refractivity contribution in [2.45, 2.75) is 19.5 Å². The van der Waals surface area contributed by atoms with Gasteiger partial charge in [-0.3, -0.25) is 9.48 Å². The van der Waals surface area contributed by atoms with E-state index in [1.54, 1.807) is 35.5 Å². The van der Waals surface area contributed by atoms with Crippen molar-refractivity contribution in [2.24, 2.45) is 0 Å². The summed E-state index contributed by atoms with van der Waals surface area (Å²) in [6.45, 7) is 2.10. The smallest absolute Gasteiger partial charge is 0.242 e. The van der Waals surface area contributed by atoms with Gasteiger partial charge in [-0.2, -0.15) is 5.10 Å². The summed E-state index contributed by atoms with van der Waals surface area (Å²) >= 11 is 0. The molecule has 0 saturated carbocycles. The van der Waals surface area contributed by atoms with E-state index < -0.39 is 0 Å². The first-order valence-electron chi connectivity index (χ1n) is 5.06. The van der Waals surface area contributed by atoms with Gasteiger partial charge in [0.15, 0.2) is 0 Å². The summed E-state index contributed by atoms with van der Waals surface area (Å²) < 4.78 is 6.77. The van der Waals surface area contributed by atoms with Crippen molar-refractivity contribution < 1.29 is 9.21 Å². The summed E-state index contributed by atoms with van der Waals surface area (Å²) in [5, 5.41) is 6.79. The van der Waals surface area contributed by atoms with Gasteiger partial charge in [0.25, 0.3) is 0 Å². The molecule has 0 aliphatic carbocycles. The highest BCUT2D eigenvalue weighted by molar-refractivity contribution is 5.75. The number of nitrogens with one attached hydrogen (secondary N) is 1. The lowest BCUT2D eigenvalue weighted by Crippen LogP contribution is -2.30. The molecule has 2 heterocycles. The summed E-state index contributed by atoms with van der Waals surface area (Å²) in [4.78, 5) is 11.6. The third kappa shape index (κ3) is 2.50. The van der Waals surface area contributed by atoms with Gasteiger partial charge in [-0.05, 0) is 25.1 Å². The number of aromatic nitrogens is 2. The van der Waals surface area contributed by atoms with Crippen LogP contribution in [0.15, 0.2) is 41.3 Å². The topological polar surface area (TPSA) is 60.1 Å². The fraction of sp³-hybridized carbons (Fsp3) is 0.273. The second kappa shape index (κ2) is 4.65. The average molecular weight is 219 g/mol. The number of hydrogen-bond acceptors (Lipinski definition) is 3. The molecule has 5 nitrogen and oxygen atoms in total. The second-order valence-electron chi connectivity index (χ2n) is 3.51. The molecule has 0 fully saturated rings. The summed E-state index contributed by atoms with van der Waals surface area (Å²) in [6.07, 6.45) is 4.98. The van der Waals surface area contributed by atoms with Crippen molar-refractivity contribution in [2.75, 3.05) is 0 Å². The van der Waals surface area contributed by atoms with Crippen LogP contribution in [-0.4, -0.2) is 15.7 Å². The van der Waals surface area contributed by atoms with Gasteiger partial charge in [0.2, 0.25) is 5.91 Å². The Morgan fingerprint density at radius 2 is 2.50 bits per heavy atom. The largest absolute Gasteiger partial charge is 0.467 e. The number of carbonyl (C=O) groups excluding carboxylic acids is 1. The number of rotatable bonds is 4. The maximum absolute atomic E-state index is 11.6. The van der Waals surface area contributed by atoms with Crippen molar-refractivity contribution >= 4 is 5.91 Å². The van der Waals surface area contributed by atoms with E-state index in [0.29, 0.717) is 0 Å². The van der Waals surface area contributed by atoms with Crippen LogP contribution in [-0.2, 0) is 11.3 Å². The molecule has 0 aliphatic rings. The van der Waals surface area contributed by atoms with Crippen molar-refractivity contribution in [1.29, 1.82) is 0 Å².